The Labute approximate surface area is 218 Å². The van der Waals surface area contributed by atoms with Crippen LogP contribution in [0.25, 0.3) is 10.2 Å². The molecule has 5 rings (SSSR count). The second kappa shape index (κ2) is 10.4. The number of fused-ring (bicyclic) bond motifs is 2. The zero-order valence-electron chi connectivity index (χ0n) is 21.2. The largest absolute Gasteiger partial charge is 0.397 e. The van der Waals surface area contributed by atoms with Crippen molar-refractivity contribution in [2.45, 2.75) is 57.4 Å². The number of methoxy groups -OCH3 is 1. The zero-order valence-corrected chi connectivity index (χ0v) is 22.0. The monoisotopic (exact) mass is 529 g/mol. The van der Waals surface area contributed by atoms with Crippen LogP contribution in [-0.4, -0.2) is 72.0 Å². The van der Waals surface area contributed by atoms with Gasteiger partial charge in [-0.3, -0.25) is 4.79 Å². The Morgan fingerprint density at radius 3 is 2.97 bits per heavy atom. The summed E-state index contributed by atoms with van der Waals surface area (Å²) in [5.41, 5.74) is 14.5. The van der Waals surface area contributed by atoms with Crippen molar-refractivity contribution < 1.29 is 18.7 Å². The normalized spacial score (nSPS) is 22.3. The fraction of sp³-hybridized carbons (Fsp3) is 0.520. The molecule has 37 heavy (non-hydrogen) atoms. The van der Waals surface area contributed by atoms with E-state index in [1.54, 1.807) is 20.2 Å². The summed E-state index contributed by atoms with van der Waals surface area (Å²) >= 11 is 1.25. The number of halogens is 1. The van der Waals surface area contributed by atoms with Gasteiger partial charge in [0.1, 0.15) is 15.5 Å². The Kier molecular flexibility index (Phi) is 7.26. The highest BCUT2D eigenvalue weighted by molar-refractivity contribution is 7.21. The second-order valence-electron chi connectivity index (χ2n) is 9.80. The van der Waals surface area contributed by atoms with E-state index >= 15 is 4.39 Å². The summed E-state index contributed by atoms with van der Waals surface area (Å²) in [6.07, 6.45) is 3.14. The van der Waals surface area contributed by atoms with E-state index in [1.807, 2.05) is 11.8 Å². The van der Waals surface area contributed by atoms with Gasteiger partial charge in [-0.1, -0.05) is 0 Å². The van der Waals surface area contributed by atoms with Crippen molar-refractivity contribution in [1.82, 2.24) is 20.3 Å². The molecular weight excluding hydrogens is 497 g/mol. The number of hydrogen-bond acceptors (Lipinski definition) is 10. The molecule has 3 aromatic heterocycles. The number of ether oxygens (including phenoxy) is 2. The Hall–Kier alpha value is -2.93. The number of anilines is 2. The Morgan fingerprint density at radius 2 is 2.19 bits per heavy atom. The van der Waals surface area contributed by atoms with E-state index in [9.17, 15) is 4.79 Å². The van der Waals surface area contributed by atoms with Gasteiger partial charge in [0.25, 0.3) is 5.91 Å². The highest BCUT2D eigenvalue weighted by atomic mass is 32.1. The van der Waals surface area contributed by atoms with E-state index in [2.05, 4.69) is 20.3 Å². The van der Waals surface area contributed by atoms with Gasteiger partial charge in [0.2, 0.25) is 0 Å². The molecule has 0 aromatic carbocycles. The molecule has 4 heterocycles. The van der Waals surface area contributed by atoms with Crippen molar-refractivity contribution in [3.8, 4) is 0 Å². The zero-order chi connectivity index (χ0) is 26.3. The van der Waals surface area contributed by atoms with Crippen molar-refractivity contribution >= 4 is 39.0 Å². The lowest BCUT2D eigenvalue weighted by Crippen LogP contribution is -2.39. The van der Waals surface area contributed by atoms with Crippen LogP contribution in [0, 0.1) is 12.7 Å². The summed E-state index contributed by atoms with van der Waals surface area (Å²) in [7, 11) is 1.62. The maximum Gasteiger partial charge on any atom is 0.263 e. The van der Waals surface area contributed by atoms with Crippen LogP contribution in [0.15, 0.2) is 12.3 Å². The molecular formula is C25H32FN7O3S. The maximum atomic E-state index is 15.2. The summed E-state index contributed by atoms with van der Waals surface area (Å²) in [4.78, 5) is 29.2. The Morgan fingerprint density at radius 1 is 1.38 bits per heavy atom. The molecule has 12 heteroatoms. The van der Waals surface area contributed by atoms with E-state index in [-0.39, 0.29) is 30.2 Å². The Bertz CT molecular complexity index is 1320. The molecule has 1 aliphatic carbocycles. The van der Waals surface area contributed by atoms with E-state index in [0.29, 0.717) is 71.4 Å². The van der Waals surface area contributed by atoms with E-state index < -0.39 is 5.82 Å². The first-order chi connectivity index (χ1) is 17.7. The Balaban J connectivity index is 1.26. The van der Waals surface area contributed by atoms with Crippen LogP contribution in [0.2, 0.25) is 0 Å². The highest BCUT2D eigenvalue weighted by Gasteiger charge is 2.35. The van der Waals surface area contributed by atoms with Crippen LogP contribution in [0.4, 0.5) is 15.9 Å². The van der Waals surface area contributed by atoms with Crippen LogP contribution in [0.1, 0.15) is 40.1 Å². The molecule has 0 saturated carbocycles. The fourth-order valence-corrected chi connectivity index (χ4v) is 6.08. The van der Waals surface area contributed by atoms with E-state index in [0.717, 1.165) is 11.3 Å². The first-order valence-corrected chi connectivity index (χ1v) is 13.2. The standard InChI is InChI=1S/C25H32FN7O3S/c1-12(11-35-3)36-20-10-33(9-18(20)27)23-17(26)7-14-6-15(4-5-19(14)32-23)31-24(34)22-21(28)16-8-29-13(2)30-25(16)37-22/h7-8,12,15,18,20H,4-6,9-11,27-28H2,1-3H3,(H,31,34). The minimum atomic E-state index is -0.397. The predicted octanol–water partition coefficient (Wildman–Crippen LogP) is 1.97. The number of carbonyl (C=O) groups is 1. The minimum absolute atomic E-state index is 0.102. The molecule has 198 valence electrons. The number of carbonyl (C=O) groups excluding carboxylic acids is 1. The smallest absolute Gasteiger partial charge is 0.263 e. The summed E-state index contributed by atoms with van der Waals surface area (Å²) in [6.45, 7) is 5.12. The molecule has 5 N–H and O–H groups in total. The van der Waals surface area contributed by atoms with Crippen LogP contribution < -0.4 is 21.7 Å². The summed E-state index contributed by atoms with van der Waals surface area (Å²) in [6, 6.07) is 1.15. The number of aryl methyl sites for hydroxylation is 2. The second-order valence-corrected chi connectivity index (χ2v) is 10.8. The maximum absolute atomic E-state index is 15.2. The van der Waals surface area contributed by atoms with Crippen LogP contribution >= 0.6 is 11.3 Å². The SMILES string of the molecule is COCC(C)OC1CN(c2nc3c(cc2F)CC(NC(=O)c2sc4nc(C)ncc4c2N)CC3)CC1N. The number of nitrogens with one attached hydrogen (secondary N) is 1. The van der Waals surface area contributed by atoms with Crippen molar-refractivity contribution in [2.24, 2.45) is 5.73 Å². The van der Waals surface area contributed by atoms with Gasteiger partial charge >= 0.3 is 0 Å². The summed E-state index contributed by atoms with van der Waals surface area (Å²) < 4.78 is 26.3. The van der Waals surface area contributed by atoms with Gasteiger partial charge in [-0.05, 0) is 44.7 Å². The number of nitrogens with two attached hydrogens (primary N) is 2. The fourth-order valence-electron chi connectivity index (χ4n) is 5.06. The highest BCUT2D eigenvalue weighted by Crippen LogP contribution is 2.33. The lowest BCUT2D eigenvalue weighted by atomic mass is 9.91. The molecule has 4 atom stereocenters. The topological polar surface area (TPSA) is 142 Å². The molecule has 1 fully saturated rings. The lowest BCUT2D eigenvalue weighted by Gasteiger charge is -2.27. The third-order valence-corrected chi connectivity index (χ3v) is 8.00. The van der Waals surface area contributed by atoms with Gasteiger partial charge in [0.05, 0.1) is 35.9 Å². The van der Waals surface area contributed by atoms with Gasteiger partial charge in [-0.2, -0.15) is 0 Å². The molecule has 0 radical (unpaired) electrons. The number of hydrogen-bond donors (Lipinski definition) is 3. The third kappa shape index (κ3) is 5.24. The predicted molar refractivity (Wildman–Crippen MR) is 140 cm³/mol. The minimum Gasteiger partial charge on any atom is -0.397 e. The average Bonchev–Trinajstić information content (AvgIpc) is 3.37. The summed E-state index contributed by atoms with van der Waals surface area (Å²) in [5, 5.41) is 3.74. The number of rotatable bonds is 7. The summed E-state index contributed by atoms with van der Waals surface area (Å²) in [5.74, 6) is 0.275. The number of amides is 1. The third-order valence-electron chi connectivity index (χ3n) is 6.89. The van der Waals surface area contributed by atoms with Crippen molar-refractivity contribution in [3.05, 3.63) is 40.0 Å². The number of nitrogens with zero attached hydrogens (tertiary/aromatic N) is 4. The van der Waals surface area contributed by atoms with E-state index in [1.165, 1.54) is 17.4 Å². The van der Waals surface area contributed by atoms with Crippen molar-refractivity contribution in [3.63, 3.8) is 0 Å². The van der Waals surface area contributed by atoms with Gasteiger partial charge in [-0.15, -0.1) is 11.3 Å². The van der Waals surface area contributed by atoms with E-state index in [4.69, 9.17) is 20.9 Å². The quantitative estimate of drug-likeness (QED) is 0.419. The molecule has 4 unspecified atom stereocenters. The van der Waals surface area contributed by atoms with Crippen LogP contribution in [-0.2, 0) is 22.3 Å². The van der Waals surface area contributed by atoms with Gasteiger partial charge in [0, 0.05) is 38.1 Å². The number of pyridine rings is 1. The lowest BCUT2D eigenvalue weighted by molar-refractivity contribution is -0.0348. The van der Waals surface area contributed by atoms with Gasteiger partial charge < -0.3 is 31.2 Å². The van der Waals surface area contributed by atoms with Crippen LogP contribution in [0.3, 0.4) is 0 Å². The number of aromatic nitrogens is 3. The first-order valence-electron chi connectivity index (χ1n) is 12.4. The molecule has 0 bridgehead atoms. The van der Waals surface area contributed by atoms with Crippen molar-refractivity contribution in [2.75, 3.05) is 37.4 Å². The van der Waals surface area contributed by atoms with Crippen molar-refractivity contribution in [1.29, 1.82) is 0 Å². The molecule has 3 aromatic rings. The van der Waals surface area contributed by atoms with Gasteiger partial charge in [0.15, 0.2) is 11.6 Å². The molecule has 1 aliphatic heterocycles. The van der Waals surface area contributed by atoms with Gasteiger partial charge in [-0.25, -0.2) is 19.3 Å². The molecule has 10 nitrogen and oxygen atoms in total. The average molecular weight is 530 g/mol. The molecule has 1 saturated heterocycles. The first kappa shape index (κ1) is 25.7. The molecule has 1 amide bonds. The molecule has 0 spiro atoms. The molecule has 2 aliphatic rings. The number of thiophene rings is 1. The number of nitrogen functional groups attached to an aromatic ring is 1. The van der Waals surface area contributed by atoms with Crippen LogP contribution in [0.5, 0.6) is 0 Å².